The van der Waals surface area contributed by atoms with Crippen LogP contribution in [0.1, 0.15) is 33.1 Å². The fourth-order valence-corrected chi connectivity index (χ4v) is 3.89. The van der Waals surface area contributed by atoms with E-state index in [-0.39, 0.29) is 5.92 Å². The standard InChI is InChI=1S/C14H31N3O3S/c1-4-7-15-11-14-5-8-17(9-6-14)21(18,19)16-10-13(2)12-20-3/h13-16H,4-12H2,1-3H3. The van der Waals surface area contributed by atoms with Crippen LogP contribution < -0.4 is 10.0 Å². The second-order valence-electron chi connectivity index (χ2n) is 5.96. The first-order valence-electron chi connectivity index (χ1n) is 7.94. The molecule has 1 aliphatic rings. The van der Waals surface area contributed by atoms with Gasteiger partial charge in [-0.05, 0) is 44.2 Å². The van der Waals surface area contributed by atoms with Gasteiger partial charge in [0.05, 0.1) is 0 Å². The summed E-state index contributed by atoms with van der Waals surface area (Å²) in [5.74, 6) is 0.774. The van der Waals surface area contributed by atoms with Gasteiger partial charge in [0, 0.05) is 33.4 Å². The largest absolute Gasteiger partial charge is 0.384 e. The molecular weight excluding hydrogens is 290 g/mol. The summed E-state index contributed by atoms with van der Waals surface area (Å²) in [6.07, 6.45) is 3.01. The Hall–Kier alpha value is -0.210. The Labute approximate surface area is 129 Å². The third-order valence-electron chi connectivity index (χ3n) is 3.84. The first kappa shape index (κ1) is 18.8. The summed E-state index contributed by atoms with van der Waals surface area (Å²) >= 11 is 0. The molecule has 21 heavy (non-hydrogen) atoms. The SMILES string of the molecule is CCCNCC1CCN(S(=O)(=O)NCC(C)COC)CC1. The van der Waals surface area contributed by atoms with Crippen molar-refractivity contribution in [2.24, 2.45) is 11.8 Å². The van der Waals surface area contributed by atoms with E-state index in [9.17, 15) is 8.42 Å². The Balaban J connectivity index is 2.31. The minimum atomic E-state index is -3.34. The Morgan fingerprint density at radius 1 is 1.33 bits per heavy atom. The molecule has 126 valence electrons. The van der Waals surface area contributed by atoms with Gasteiger partial charge in [0.1, 0.15) is 0 Å². The van der Waals surface area contributed by atoms with E-state index < -0.39 is 10.2 Å². The van der Waals surface area contributed by atoms with E-state index in [4.69, 9.17) is 4.74 Å². The number of ether oxygens (including phenoxy) is 1. The molecule has 0 bridgehead atoms. The van der Waals surface area contributed by atoms with Gasteiger partial charge in [0.25, 0.3) is 10.2 Å². The highest BCUT2D eigenvalue weighted by Gasteiger charge is 2.27. The smallest absolute Gasteiger partial charge is 0.279 e. The lowest BCUT2D eigenvalue weighted by Gasteiger charge is -2.31. The van der Waals surface area contributed by atoms with Crippen molar-refractivity contribution in [1.82, 2.24) is 14.3 Å². The molecule has 1 saturated heterocycles. The lowest BCUT2D eigenvalue weighted by atomic mass is 9.98. The molecule has 1 heterocycles. The minimum Gasteiger partial charge on any atom is -0.384 e. The lowest BCUT2D eigenvalue weighted by Crippen LogP contribution is -2.47. The van der Waals surface area contributed by atoms with Gasteiger partial charge in [0.15, 0.2) is 0 Å². The molecule has 0 radical (unpaired) electrons. The van der Waals surface area contributed by atoms with Crippen molar-refractivity contribution < 1.29 is 13.2 Å². The Morgan fingerprint density at radius 3 is 2.57 bits per heavy atom. The van der Waals surface area contributed by atoms with Crippen LogP contribution in [0.4, 0.5) is 0 Å². The molecule has 1 aliphatic heterocycles. The van der Waals surface area contributed by atoms with E-state index in [1.54, 1.807) is 11.4 Å². The zero-order valence-electron chi connectivity index (χ0n) is 13.6. The van der Waals surface area contributed by atoms with Gasteiger partial charge in [0.2, 0.25) is 0 Å². The molecule has 1 fully saturated rings. The highest BCUT2D eigenvalue weighted by atomic mass is 32.2. The predicted octanol–water partition coefficient (Wildman–Crippen LogP) is 0.815. The molecule has 0 aromatic rings. The van der Waals surface area contributed by atoms with Crippen LogP contribution in [0.15, 0.2) is 0 Å². The molecule has 0 spiro atoms. The van der Waals surface area contributed by atoms with Crippen LogP contribution in [0.3, 0.4) is 0 Å². The Morgan fingerprint density at radius 2 is 2.00 bits per heavy atom. The summed E-state index contributed by atoms with van der Waals surface area (Å²) in [5.41, 5.74) is 0. The average molecular weight is 321 g/mol. The zero-order valence-corrected chi connectivity index (χ0v) is 14.4. The van der Waals surface area contributed by atoms with Gasteiger partial charge in [-0.3, -0.25) is 0 Å². The molecule has 7 heteroatoms. The third-order valence-corrected chi connectivity index (χ3v) is 5.42. The minimum absolute atomic E-state index is 0.181. The quantitative estimate of drug-likeness (QED) is 0.584. The number of hydrogen-bond acceptors (Lipinski definition) is 4. The van der Waals surface area contributed by atoms with Crippen molar-refractivity contribution >= 4 is 10.2 Å². The summed E-state index contributed by atoms with van der Waals surface area (Å²) in [5, 5.41) is 3.41. The van der Waals surface area contributed by atoms with Crippen LogP contribution in [0.2, 0.25) is 0 Å². The number of rotatable bonds is 10. The molecule has 0 aromatic carbocycles. The van der Waals surface area contributed by atoms with Crippen LogP contribution in [0, 0.1) is 11.8 Å². The van der Waals surface area contributed by atoms with Crippen LogP contribution in [-0.2, 0) is 14.9 Å². The lowest BCUT2D eigenvalue weighted by molar-refractivity contribution is 0.160. The van der Waals surface area contributed by atoms with E-state index in [2.05, 4.69) is 17.0 Å². The van der Waals surface area contributed by atoms with Crippen molar-refractivity contribution in [3.05, 3.63) is 0 Å². The number of nitrogens with zero attached hydrogens (tertiary/aromatic N) is 1. The van der Waals surface area contributed by atoms with E-state index >= 15 is 0 Å². The monoisotopic (exact) mass is 321 g/mol. The normalized spacial score (nSPS) is 19.8. The van der Waals surface area contributed by atoms with Gasteiger partial charge >= 0.3 is 0 Å². The molecule has 2 N–H and O–H groups in total. The van der Waals surface area contributed by atoms with Gasteiger partial charge in [-0.2, -0.15) is 12.7 Å². The van der Waals surface area contributed by atoms with Crippen LogP contribution in [-0.4, -0.2) is 59.2 Å². The highest BCUT2D eigenvalue weighted by molar-refractivity contribution is 7.87. The summed E-state index contributed by atoms with van der Waals surface area (Å²) in [6, 6.07) is 0. The average Bonchev–Trinajstić information content (AvgIpc) is 2.46. The molecule has 0 aromatic heterocycles. The number of hydrogen-bond donors (Lipinski definition) is 2. The second kappa shape index (κ2) is 9.74. The van der Waals surface area contributed by atoms with Crippen molar-refractivity contribution in [3.63, 3.8) is 0 Å². The molecule has 0 aliphatic carbocycles. The van der Waals surface area contributed by atoms with E-state index in [0.29, 0.717) is 32.2 Å². The fourth-order valence-electron chi connectivity index (χ4n) is 2.52. The summed E-state index contributed by atoms with van der Waals surface area (Å²) in [7, 11) is -1.71. The zero-order chi connectivity index (χ0) is 15.7. The first-order valence-corrected chi connectivity index (χ1v) is 9.38. The number of piperidine rings is 1. The molecule has 1 atom stereocenters. The van der Waals surface area contributed by atoms with Crippen molar-refractivity contribution in [3.8, 4) is 0 Å². The number of methoxy groups -OCH3 is 1. The Kier molecular flexibility index (Phi) is 8.73. The first-order chi connectivity index (χ1) is 9.99. The topological polar surface area (TPSA) is 70.7 Å². The molecule has 0 amide bonds. The molecule has 1 unspecified atom stereocenters. The second-order valence-corrected chi connectivity index (χ2v) is 7.72. The number of nitrogens with one attached hydrogen (secondary N) is 2. The third kappa shape index (κ3) is 7.06. The maximum atomic E-state index is 12.2. The molecule has 6 nitrogen and oxygen atoms in total. The summed E-state index contributed by atoms with van der Waals surface area (Å²) in [4.78, 5) is 0. The van der Waals surface area contributed by atoms with E-state index in [1.165, 1.54) is 0 Å². The van der Waals surface area contributed by atoms with E-state index in [1.807, 2.05) is 6.92 Å². The van der Waals surface area contributed by atoms with Gasteiger partial charge in [-0.25, -0.2) is 4.72 Å². The van der Waals surface area contributed by atoms with Gasteiger partial charge in [-0.15, -0.1) is 0 Å². The van der Waals surface area contributed by atoms with Crippen LogP contribution in [0.25, 0.3) is 0 Å². The van der Waals surface area contributed by atoms with Crippen LogP contribution >= 0.6 is 0 Å². The Bertz CT molecular complexity index is 368. The fraction of sp³-hybridized carbons (Fsp3) is 1.00. The summed E-state index contributed by atoms with van der Waals surface area (Å²) in [6.45, 7) is 8.38. The maximum absolute atomic E-state index is 12.2. The molecule has 1 rings (SSSR count). The predicted molar refractivity (Wildman–Crippen MR) is 85.4 cm³/mol. The van der Waals surface area contributed by atoms with Crippen molar-refractivity contribution in [1.29, 1.82) is 0 Å². The van der Waals surface area contributed by atoms with Crippen molar-refractivity contribution in [2.75, 3.05) is 46.4 Å². The molecular formula is C14H31N3O3S. The van der Waals surface area contributed by atoms with Crippen molar-refractivity contribution in [2.45, 2.75) is 33.1 Å². The maximum Gasteiger partial charge on any atom is 0.279 e. The molecule has 0 saturated carbocycles. The van der Waals surface area contributed by atoms with E-state index in [0.717, 1.165) is 32.4 Å². The summed E-state index contributed by atoms with van der Waals surface area (Å²) < 4.78 is 33.7. The van der Waals surface area contributed by atoms with Gasteiger partial charge in [-0.1, -0.05) is 13.8 Å². The van der Waals surface area contributed by atoms with Crippen LogP contribution in [0.5, 0.6) is 0 Å². The van der Waals surface area contributed by atoms with Gasteiger partial charge < -0.3 is 10.1 Å². The highest BCUT2D eigenvalue weighted by Crippen LogP contribution is 2.18.